The lowest BCUT2D eigenvalue weighted by Crippen LogP contribution is -2.58. The van der Waals surface area contributed by atoms with Crippen molar-refractivity contribution in [3.05, 3.63) is 28.8 Å². The first kappa shape index (κ1) is 19.4. The zero-order valence-electron chi connectivity index (χ0n) is 15.2. The van der Waals surface area contributed by atoms with Crippen molar-refractivity contribution in [3.8, 4) is 5.75 Å². The van der Waals surface area contributed by atoms with E-state index in [1.165, 1.54) is 0 Å². The van der Waals surface area contributed by atoms with Crippen LogP contribution in [0.2, 0.25) is 5.02 Å². The maximum atomic E-state index is 10.8. The number of halogens is 1. The smallest absolute Gasteiger partial charge is 0.341 e. The van der Waals surface area contributed by atoms with Gasteiger partial charge >= 0.3 is 5.97 Å². The predicted octanol–water partition coefficient (Wildman–Crippen LogP) is 2.08. The van der Waals surface area contributed by atoms with Crippen molar-refractivity contribution in [2.45, 2.75) is 31.9 Å². The molecule has 7 heteroatoms. The van der Waals surface area contributed by atoms with Crippen molar-refractivity contribution in [3.63, 3.8) is 0 Å². The molecule has 2 aliphatic heterocycles. The highest BCUT2D eigenvalue weighted by atomic mass is 35.5. The molecule has 0 radical (unpaired) electrons. The lowest BCUT2D eigenvalue weighted by molar-refractivity contribution is -0.139. The molecule has 0 saturated carbocycles. The van der Waals surface area contributed by atoms with E-state index in [1.54, 1.807) is 12.1 Å². The number of hydrogen-bond donors (Lipinski definition) is 2. The second kappa shape index (κ2) is 8.13. The highest BCUT2D eigenvalue weighted by Gasteiger charge is 2.44. The molecule has 0 bridgehead atoms. The lowest BCUT2D eigenvalue weighted by atomic mass is 9.71. The zero-order chi connectivity index (χ0) is 18.7. The number of carbonyl (C=O) groups is 1. The minimum absolute atomic E-state index is 0.0914. The van der Waals surface area contributed by atoms with Crippen LogP contribution in [0.4, 0.5) is 0 Å². The molecule has 0 unspecified atom stereocenters. The zero-order valence-corrected chi connectivity index (χ0v) is 15.9. The number of ether oxygens (including phenoxy) is 1. The minimum atomic E-state index is -1.00. The van der Waals surface area contributed by atoms with Crippen LogP contribution in [0.5, 0.6) is 5.75 Å². The van der Waals surface area contributed by atoms with Crippen LogP contribution in [0.15, 0.2) is 18.2 Å². The second-order valence-electron chi connectivity index (χ2n) is 7.65. The summed E-state index contributed by atoms with van der Waals surface area (Å²) in [5.41, 5.74) is 0.792. The summed E-state index contributed by atoms with van der Waals surface area (Å²) >= 11 is 6.14. The van der Waals surface area contributed by atoms with Gasteiger partial charge in [0.1, 0.15) is 5.75 Å². The van der Waals surface area contributed by atoms with Crippen molar-refractivity contribution in [1.29, 1.82) is 0 Å². The molecular formula is C19H27ClN2O4. The Morgan fingerprint density at radius 3 is 2.96 bits per heavy atom. The number of aliphatic hydroxyl groups excluding tert-OH is 1. The quantitative estimate of drug-likeness (QED) is 0.812. The molecule has 1 aromatic rings. The molecule has 2 atom stereocenters. The number of carboxylic acids is 1. The maximum Gasteiger partial charge on any atom is 0.341 e. The number of carboxylic acid groups (broad SMARTS) is 1. The number of nitrogens with zero attached hydrogens (tertiary/aromatic N) is 2. The van der Waals surface area contributed by atoms with Crippen LogP contribution in [0.1, 0.15) is 24.8 Å². The third-order valence-electron chi connectivity index (χ3n) is 5.53. The molecule has 144 valence electrons. The third-order valence-corrected chi connectivity index (χ3v) is 5.77. The van der Waals surface area contributed by atoms with E-state index in [0.717, 1.165) is 51.0 Å². The Morgan fingerprint density at radius 2 is 2.19 bits per heavy atom. The van der Waals surface area contributed by atoms with Crippen LogP contribution < -0.4 is 4.74 Å². The normalized spacial score (nSPS) is 27.6. The Balaban J connectivity index is 1.74. The molecule has 0 aliphatic carbocycles. The molecule has 26 heavy (non-hydrogen) atoms. The van der Waals surface area contributed by atoms with Gasteiger partial charge in [-0.15, -0.1) is 0 Å². The van der Waals surface area contributed by atoms with Crippen LogP contribution in [0.25, 0.3) is 0 Å². The molecule has 0 aromatic heterocycles. The van der Waals surface area contributed by atoms with Crippen molar-refractivity contribution in [2.75, 3.05) is 39.8 Å². The topological polar surface area (TPSA) is 73.2 Å². The van der Waals surface area contributed by atoms with Gasteiger partial charge in [-0.2, -0.15) is 0 Å². The SMILES string of the molecule is CN1CC[C@H](O)[C@@]2(CCCN(Cc3cc(Cl)ccc3OCC(=O)O)C2)C1. The summed E-state index contributed by atoms with van der Waals surface area (Å²) in [6.07, 6.45) is 2.61. The van der Waals surface area contributed by atoms with E-state index >= 15 is 0 Å². The maximum absolute atomic E-state index is 10.8. The molecule has 2 saturated heterocycles. The Hall–Kier alpha value is -1.34. The predicted molar refractivity (Wildman–Crippen MR) is 99.6 cm³/mol. The number of aliphatic hydroxyl groups is 1. The van der Waals surface area contributed by atoms with E-state index < -0.39 is 5.97 Å². The van der Waals surface area contributed by atoms with Gasteiger partial charge in [-0.3, -0.25) is 4.90 Å². The number of piperidine rings is 2. The Morgan fingerprint density at radius 1 is 1.38 bits per heavy atom. The van der Waals surface area contributed by atoms with Crippen LogP contribution in [0.3, 0.4) is 0 Å². The van der Waals surface area contributed by atoms with Gasteiger partial charge in [-0.05, 0) is 51.1 Å². The molecule has 3 rings (SSSR count). The molecule has 2 fully saturated rings. The van der Waals surface area contributed by atoms with Gasteiger partial charge in [-0.25, -0.2) is 4.79 Å². The van der Waals surface area contributed by atoms with Gasteiger partial charge in [0.2, 0.25) is 0 Å². The van der Waals surface area contributed by atoms with Gasteiger partial charge in [-0.1, -0.05) is 11.6 Å². The van der Waals surface area contributed by atoms with Gasteiger partial charge in [0.25, 0.3) is 0 Å². The minimum Gasteiger partial charge on any atom is -0.482 e. The molecule has 2 N–H and O–H groups in total. The summed E-state index contributed by atoms with van der Waals surface area (Å²) in [6, 6.07) is 5.27. The molecule has 1 aromatic carbocycles. The van der Waals surface area contributed by atoms with E-state index in [-0.39, 0.29) is 18.1 Å². The first-order valence-electron chi connectivity index (χ1n) is 9.10. The van der Waals surface area contributed by atoms with Crippen LogP contribution in [-0.4, -0.2) is 71.9 Å². The molecule has 6 nitrogen and oxygen atoms in total. The number of rotatable bonds is 5. The molecule has 2 heterocycles. The summed E-state index contributed by atoms with van der Waals surface area (Å²) < 4.78 is 5.43. The molecular weight excluding hydrogens is 356 g/mol. The van der Waals surface area contributed by atoms with E-state index in [0.29, 0.717) is 17.3 Å². The van der Waals surface area contributed by atoms with Crippen LogP contribution in [-0.2, 0) is 11.3 Å². The van der Waals surface area contributed by atoms with E-state index in [4.69, 9.17) is 21.4 Å². The number of benzene rings is 1. The van der Waals surface area contributed by atoms with Gasteiger partial charge in [0.05, 0.1) is 6.10 Å². The molecule has 2 aliphatic rings. The third kappa shape index (κ3) is 4.49. The largest absolute Gasteiger partial charge is 0.482 e. The van der Waals surface area contributed by atoms with Gasteiger partial charge < -0.3 is 19.8 Å². The highest BCUT2D eigenvalue weighted by Crippen LogP contribution is 2.39. The summed E-state index contributed by atoms with van der Waals surface area (Å²) in [4.78, 5) is 15.4. The average Bonchev–Trinajstić information content (AvgIpc) is 2.58. The summed E-state index contributed by atoms with van der Waals surface area (Å²) in [6.45, 7) is 3.87. The number of aliphatic carboxylic acids is 1. The van der Waals surface area contributed by atoms with Crippen molar-refractivity contribution >= 4 is 17.6 Å². The van der Waals surface area contributed by atoms with E-state index in [2.05, 4.69) is 16.8 Å². The van der Waals surface area contributed by atoms with E-state index in [9.17, 15) is 9.90 Å². The van der Waals surface area contributed by atoms with Gasteiger partial charge in [0.15, 0.2) is 6.61 Å². The fourth-order valence-corrected chi connectivity index (χ4v) is 4.55. The monoisotopic (exact) mass is 382 g/mol. The fraction of sp³-hybridized carbons (Fsp3) is 0.632. The fourth-order valence-electron chi connectivity index (χ4n) is 4.36. The Labute approximate surface area is 159 Å². The van der Waals surface area contributed by atoms with Crippen molar-refractivity contribution in [2.24, 2.45) is 5.41 Å². The second-order valence-corrected chi connectivity index (χ2v) is 8.09. The van der Waals surface area contributed by atoms with Crippen LogP contribution >= 0.6 is 11.6 Å². The summed E-state index contributed by atoms with van der Waals surface area (Å²) in [5, 5.41) is 20.1. The number of hydrogen-bond acceptors (Lipinski definition) is 5. The standard InChI is InChI=1S/C19H27ClN2O4/c1-21-8-5-17(23)19(12-21)6-2-7-22(13-19)10-14-9-15(20)3-4-16(14)26-11-18(24)25/h3-4,9,17,23H,2,5-8,10-13H2,1H3,(H,24,25)/t17-,19-/m0/s1. The van der Waals surface area contributed by atoms with Crippen molar-refractivity contribution in [1.82, 2.24) is 9.80 Å². The highest BCUT2D eigenvalue weighted by molar-refractivity contribution is 6.30. The lowest BCUT2D eigenvalue weighted by Gasteiger charge is -2.50. The Bertz CT molecular complexity index is 656. The first-order chi connectivity index (χ1) is 12.4. The molecule has 1 spiro atoms. The van der Waals surface area contributed by atoms with Crippen LogP contribution in [0, 0.1) is 5.41 Å². The first-order valence-corrected chi connectivity index (χ1v) is 9.48. The van der Waals surface area contributed by atoms with E-state index in [1.807, 2.05) is 6.07 Å². The van der Waals surface area contributed by atoms with Gasteiger partial charge in [0, 0.05) is 42.2 Å². The Kier molecular flexibility index (Phi) is 6.07. The van der Waals surface area contributed by atoms with Crippen molar-refractivity contribution < 1.29 is 19.7 Å². The summed E-state index contributed by atoms with van der Waals surface area (Å²) in [7, 11) is 2.11. The molecule has 0 amide bonds. The summed E-state index contributed by atoms with van der Waals surface area (Å²) in [5.74, 6) is -0.450. The average molecular weight is 383 g/mol. The number of likely N-dealkylation sites (tertiary alicyclic amines) is 2.